The van der Waals surface area contributed by atoms with E-state index in [1.54, 1.807) is 11.3 Å². The van der Waals surface area contributed by atoms with Gasteiger partial charge in [0, 0.05) is 25.0 Å². The van der Waals surface area contributed by atoms with Crippen LogP contribution in [-0.4, -0.2) is 16.9 Å². The van der Waals surface area contributed by atoms with E-state index >= 15 is 0 Å². The summed E-state index contributed by atoms with van der Waals surface area (Å²) >= 11 is 1.64. The molecule has 2 N–H and O–H groups in total. The predicted molar refractivity (Wildman–Crippen MR) is 71.6 cm³/mol. The van der Waals surface area contributed by atoms with Crippen molar-refractivity contribution in [3.63, 3.8) is 0 Å². The van der Waals surface area contributed by atoms with E-state index in [1.165, 1.54) is 11.1 Å². The fourth-order valence-electron chi connectivity index (χ4n) is 1.85. The maximum atomic E-state index is 5.73. The molecule has 0 unspecified atom stereocenters. The van der Waals surface area contributed by atoms with E-state index in [0.717, 1.165) is 18.8 Å². The molecule has 0 aliphatic carbocycles. The van der Waals surface area contributed by atoms with Crippen molar-refractivity contribution in [1.82, 2.24) is 9.88 Å². The molecule has 0 amide bonds. The van der Waals surface area contributed by atoms with Crippen molar-refractivity contribution in [2.75, 3.05) is 7.05 Å². The van der Waals surface area contributed by atoms with Crippen LogP contribution in [0.25, 0.3) is 0 Å². The van der Waals surface area contributed by atoms with Gasteiger partial charge in [-0.05, 0) is 18.2 Å². The molecule has 1 aromatic heterocycles. The molecule has 0 radical (unpaired) electrons. The van der Waals surface area contributed by atoms with Crippen LogP contribution in [0.4, 0.5) is 0 Å². The largest absolute Gasteiger partial charge is 0.326 e. The summed E-state index contributed by atoms with van der Waals surface area (Å²) in [7, 11) is 2.10. The summed E-state index contributed by atoms with van der Waals surface area (Å²) in [6.07, 6.45) is 0. The van der Waals surface area contributed by atoms with Crippen LogP contribution in [0.2, 0.25) is 0 Å². The van der Waals surface area contributed by atoms with Crippen molar-refractivity contribution in [2.45, 2.75) is 19.6 Å². The summed E-state index contributed by atoms with van der Waals surface area (Å²) in [4.78, 5) is 6.55. The molecule has 0 saturated heterocycles. The molecule has 0 saturated carbocycles. The molecule has 0 atom stereocenters. The lowest BCUT2D eigenvalue weighted by Gasteiger charge is -2.17. The van der Waals surface area contributed by atoms with Gasteiger partial charge in [-0.2, -0.15) is 0 Å². The fraction of sp³-hybridized carbons (Fsp3) is 0.308. The zero-order chi connectivity index (χ0) is 12.1. The zero-order valence-electron chi connectivity index (χ0n) is 9.97. The molecule has 0 fully saturated rings. The third-order valence-electron chi connectivity index (χ3n) is 2.69. The SMILES string of the molecule is CN(Cc1cscn1)Cc1ccccc1CN. The molecular formula is C13H17N3S. The van der Waals surface area contributed by atoms with Crippen LogP contribution in [0.15, 0.2) is 35.2 Å². The van der Waals surface area contributed by atoms with Gasteiger partial charge < -0.3 is 5.73 Å². The number of thiazole rings is 1. The highest BCUT2D eigenvalue weighted by Crippen LogP contribution is 2.12. The molecule has 2 rings (SSSR count). The molecule has 4 heteroatoms. The van der Waals surface area contributed by atoms with Gasteiger partial charge in [-0.15, -0.1) is 11.3 Å². The lowest BCUT2D eigenvalue weighted by Crippen LogP contribution is -2.18. The van der Waals surface area contributed by atoms with E-state index in [0.29, 0.717) is 6.54 Å². The number of rotatable bonds is 5. The van der Waals surface area contributed by atoms with Crippen LogP contribution in [-0.2, 0) is 19.6 Å². The maximum Gasteiger partial charge on any atom is 0.0795 e. The monoisotopic (exact) mass is 247 g/mol. The molecule has 1 heterocycles. The summed E-state index contributed by atoms with van der Waals surface area (Å²) in [5, 5.41) is 2.09. The van der Waals surface area contributed by atoms with Gasteiger partial charge in [-0.1, -0.05) is 24.3 Å². The Morgan fingerprint density at radius 2 is 2.00 bits per heavy atom. The lowest BCUT2D eigenvalue weighted by molar-refractivity contribution is 0.315. The van der Waals surface area contributed by atoms with Crippen LogP contribution < -0.4 is 5.73 Å². The third kappa shape index (κ3) is 3.36. The Labute approximate surface area is 106 Å². The number of hydrogen-bond donors (Lipinski definition) is 1. The van der Waals surface area contributed by atoms with E-state index in [-0.39, 0.29) is 0 Å². The molecule has 0 aliphatic heterocycles. The molecule has 0 spiro atoms. The Bertz CT molecular complexity index is 453. The Balaban J connectivity index is 2.00. The minimum Gasteiger partial charge on any atom is -0.326 e. The van der Waals surface area contributed by atoms with Crippen LogP contribution in [0.3, 0.4) is 0 Å². The molecule has 0 bridgehead atoms. The second kappa shape index (κ2) is 5.91. The molecular weight excluding hydrogens is 230 g/mol. The van der Waals surface area contributed by atoms with E-state index in [1.807, 2.05) is 11.6 Å². The molecule has 1 aromatic carbocycles. The van der Waals surface area contributed by atoms with Gasteiger partial charge in [-0.25, -0.2) is 4.98 Å². The van der Waals surface area contributed by atoms with Crippen molar-refractivity contribution in [2.24, 2.45) is 5.73 Å². The van der Waals surface area contributed by atoms with E-state index in [2.05, 4.69) is 40.5 Å². The Morgan fingerprint density at radius 1 is 1.24 bits per heavy atom. The first-order valence-electron chi connectivity index (χ1n) is 5.62. The topological polar surface area (TPSA) is 42.2 Å². The van der Waals surface area contributed by atoms with E-state index in [4.69, 9.17) is 5.73 Å². The number of nitrogens with two attached hydrogens (primary N) is 1. The highest BCUT2D eigenvalue weighted by Gasteiger charge is 2.05. The third-order valence-corrected chi connectivity index (χ3v) is 3.33. The lowest BCUT2D eigenvalue weighted by atomic mass is 10.1. The van der Waals surface area contributed by atoms with Gasteiger partial charge >= 0.3 is 0 Å². The standard InChI is InChI=1S/C13H17N3S/c1-16(8-13-9-17-10-15-13)7-12-5-3-2-4-11(12)6-14/h2-5,9-10H,6-8,14H2,1H3. The van der Waals surface area contributed by atoms with Crippen molar-refractivity contribution in [1.29, 1.82) is 0 Å². The first-order valence-corrected chi connectivity index (χ1v) is 6.56. The normalized spacial score (nSPS) is 11.0. The smallest absolute Gasteiger partial charge is 0.0795 e. The minimum absolute atomic E-state index is 0.598. The number of nitrogens with zero attached hydrogens (tertiary/aromatic N) is 2. The molecule has 0 aliphatic rings. The fourth-order valence-corrected chi connectivity index (χ4v) is 2.40. The van der Waals surface area contributed by atoms with Gasteiger partial charge in [0.2, 0.25) is 0 Å². The van der Waals surface area contributed by atoms with Gasteiger partial charge in [0.05, 0.1) is 11.2 Å². The van der Waals surface area contributed by atoms with Gasteiger partial charge in [-0.3, -0.25) is 4.90 Å². The number of benzene rings is 1. The Kier molecular flexibility index (Phi) is 4.25. The van der Waals surface area contributed by atoms with Crippen LogP contribution in [0.5, 0.6) is 0 Å². The molecule has 2 aromatic rings. The van der Waals surface area contributed by atoms with E-state index < -0.39 is 0 Å². The van der Waals surface area contributed by atoms with E-state index in [9.17, 15) is 0 Å². The van der Waals surface area contributed by atoms with Crippen LogP contribution in [0, 0.1) is 0 Å². The first kappa shape index (κ1) is 12.2. The van der Waals surface area contributed by atoms with Gasteiger partial charge in [0.25, 0.3) is 0 Å². The van der Waals surface area contributed by atoms with Crippen molar-refractivity contribution >= 4 is 11.3 Å². The van der Waals surface area contributed by atoms with Gasteiger partial charge in [0.1, 0.15) is 0 Å². The quantitative estimate of drug-likeness (QED) is 0.881. The number of hydrogen-bond acceptors (Lipinski definition) is 4. The molecule has 90 valence electrons. The van der Waals surface area contributed by atoms with Crippen molar-refractivity contribution < 1.29 is 0 Å². The minimum atomic E-state index is 0.598. The second-order valence-electron chi connectivity index (χ2n) is 4.12. The highest BCUT2D eigenvalue weighted by molar-refractivity contribution is 7.07. The van der Waals surface area contributed by atoms with Crippen LogP contribution >= 0.6 is 11.3 Å². The summed E-state index contributed by atoms with van der Waals surface area (Å²) in [5.41, 5.74) is 11.3. The predicted octanol–water partition coefficient (Wildman–Crippen LogP) is 2.23. The second-order valence-corrected chi connectivity index (χ2v) is 4.84. The summed E-state index contributed by atoms with van der Waals surface area (Å²) in [6.45, 7) is 2.38. The molecule has 17 heavy (non-hydrogen) atoms. The zero-order valence-corrected chi connectivity index (χ0v) is 10.8. The Morgan fingerprint density at radius 3 is 2.65 bits per heavy atom. The van der Waals surface area contributed by atoms with Crippen molar-refractivity contribution in [3.8, 4) is 0 Å². The van der Waals surface area contributed by atoms with Crippen LogP contribution in [0.1, 0.15) is 16.8 Å². The van der Waals surface area contributed by atoms with Gasteiger partial charge in [0.15, 0.2) is 0 Å². The molecule has 3 nitrogen and oxygen atoms in total. The average Bonchev–Trinajstić information content (AvgIpc) is 2.82. The van der Waals surface area contributed by atoms with Crippen molar-refractivity contribution in [3.05, 3.63) is 52.0 Å². The average molecular weight is 247 g/mol. The summed E-state index contributed by atoms with van der Waals surface area (Å²) in [6, 6.07) is 8.32. The summed E-state index contributed by atoms with van der Waals surface area (Å²) < 4.78 is 0. The number of aromatic nitrogens is 1. The highest BCUT2D eigenvalue weighted by atomic mass is 32.1. The maximum absolute atomic E-state index is 5.73. The first-order chi connectivity index (χ1) is 8.29. The summed E-state index contributed by atoms with van der Waals surface area (Å²) in [5.74, 6) is 0. The Hall–Kier alpha value is -1.23.